The topological polar surface area (TPSA) is 282 Å². The Morgan fingerprint density at radius 1 is 0.800 bits per heavy atom. The Morgan fingerprint density at radius 2 is 1.27 bits per heavy atom. The molecule has 0 saturated heterocycles. The van der Waals surface area contributed by atoms with E-state index in [2.05, 4.69) is 39.0 Å². The highest BCUT2D eigenvalue weighted by Crippen LogP contribution is 2.40. The van der Waals surface area contributed by atoms with Gasteiger partial charge in [-0.1, -0.05) is 35.9 Å². The molecule has 2 aliphatic carbocycles. The summed E-state index contributed by atoms with van der Waals surface area (Å²) < 4.78 is 39.4. The van der Waals surface area contributed by atoms with Gasteiger partial charge in [0.05, 0.1) is 45.1 Å². The van der Waals surface area contributed by atoms with Crippen LogP contribution in [-0.2, 0) is 18.2 Å². The van der Waals surface area contributed by atoms with E-state index in [0.29, 0.717) is 41.0 Å². The number of nitrogens with two attached hydrogens (primary N) is 2. The maximum atomic E-state index is 10.8. The van der Waals surface area contributed by atoms with Crippen molar-refractivity contribution < 1.29 is 42.5 Å². The Morgan fingerprint density at radius 3 is 1.76 bits per heavy atom. The Kier molecular flexibility index (Phi) is 9.55. The SMILES string of the molecule is COc1nc(N)nc2c1ncn2[C@H]1C=C[C@@H](COP(=O)(O)O)C1.Nc1nc(Cl)c2ncn([C@H]3C=C[C@@H](COP(=O)(O)O)C3)c2n1. The van der Waals surface area contributed by atoms with Gasteiger partial charge in [-0.3, -0.25) is 9.05 Å². The predicted octanol–water partition coefficient (Wildman–Crippen LogP) is 1.93. The van der Waals surface area contributed by atoms with Gasteiger partial charge in [-0.15, -0.1) is 0 Å². The van der Waals surface area contributed by atoms with Gasteiger partial charge >= 0.3 is 15.6 Å². The van der Waals surface area contributed by atoms with Gasteiger partial charge < -0.3 is 44.9 Å². The summed E-state index contributed by atoms with van der Waals surface area (Å²) in [5.74, 6) is 0.229. The molecule has 4 aromatic rings. The van der Waals surface area contributed by atoms with Crippen LogP contribution < -0.4 is 16.2 Å². The van der Waals surface area contributed by atoms with Crippen LogP contribution in [0.3, 0.4) is 0 Å². The van der Waals surface area contributed by atoms with E-state index in [4.69, 9.17) is 47.4 Å². The van der Waals surface area contributed by atoms with Crippen LogP contribution in [0.2, 0.25) is 5.15 Å². The number of allylic oxidation sites excluding steroid dienone is 2. The molecule has 4 atom stereocenters. The second-order valence-corrected chi connectivity index (χ2v) is 12.9. The number of imidazole rings is 2. The third-order valence-electron chi connectivity index (χ3n) is 6.92. The Labute approximate surface area is 259 Å². The van der Waals surface area contributed by atoms with Crippen molar-refractivity contribution in [3.05, 3.63) is 42.1 Å². The fourth-order valence-electron chi connectivity index (χ4n) is 4.98. The molecular formula is C23H29ClN10O9P2. The third kappa shape index (κ3) is 8.02. The van der Waals surface area contributed by atoms with E-state index >= 15 is 0 Å². The molecule has 6 rings (SSSR count). The number of phosphoric ester groups is 2. The van der Waals surface area contributed by atoms with Gasteiger partial charge in [-0.2, -0.15) is 19.9 Å². The molecule has 0 amide bonds. The summed E-state index contributed by atoms with van der Waals surface area (Å²) in [5, 5.41) is 0.185. The van der Waals surface area contributed by atoms with E-state index < -0.39 is 15.6 Å². The van der Waals surface area contributed by atoms with Crippen molar-refractivity contribution in [2.75, 3.05) is 31.8 Å². The quantitative estimate of drug-likeness (QED) is 0.0833. The highest BCUT2D eigenvalue weighted by molar-refractivity contribution is 7.46. The second-order valence-electron chi connectivity index (χ2n) is 10.1. The van der Waals surface area contributed by atoms with E-state index in [1.807, 2.05) is 28.9 Å². The summed E-state index contributed by atoms with van der Waals surface area (Å²) >= 11 is 5.98. The van der Waals surface area contributed by atoms with E-state index in [1.165, 1.54) is 7.11 Å². The minimum Gasteiger partial charge on any atom is -0.479 e. The molecule has 4 aromatic heterocycles. The van der Waals surface area contributed by atoms with Crippen molar-refractivity contribution in [3.63, 3.8) is 0 Å². The van der Waals surface area contributed by atoms with Crippen molar-refractivity contribution in [1.82, 2.24) is 39.0 Å². The van der Waals surface area contributed by atoms with Gasteiger partial charge in [0, 0.05) is 11.8 Å². The van der Waals surface area contributed by atoms with Gasteiger partial charge in [-0.05, 0) is 12.8 Å². The number of nitrogen functional groups attached to an aromatic ring is 2. The zero-order chi connectivity index (χ0) is 32.5. The maximum absolute atomic E-state index is 10.8. The number of halogens is 1. The van der Waals surface area contributed by atoms with Crippen molar-refractivity contribution >= 4 is 61.5 Å². The normalized spacial score (nSPS) is 21.5. The van der Waals surface area contributed by atoms with E-state index in [-0.39, 0.29) is 54.2 Å². The Balaban J connectivity index is 0.000000178. The molecule has 0 fully saturated rings. The maximum Gasteiger partial charge on any atom is 0.469 e. The number of fused-ring (bicyclic) bond motifs is 2. The van der Waals surface area contributed by atoms with Crippen molar-refractivity contribution in [3.8, 4) is 5.88 Å². The first-order chi connectivity index (χ1) is 21.2. The van der Waals surface area contributed by atoms with Crippen molar-refractivity contribution in [2.24, 2.45) is 11.8 Å². The fraction of sp³-hybridized carbons (Fsp3) is 0.391. The van der Waals surface area contributed by atoms with Crippen LogP contribution in [-0.4, -0.2) is 78.9 Å². The monoisotopic (exact) mass is 686 g/mol. The molecule has 22 heteroatoms. The number of hydrogen-bond acceptors (Lipinski definition) is 13. The molecule has 0 aromatic carbocycles. The summed E-state index contributed by atoms with van der Waals surface area (Å²) in [5.41, 5.74) is 13.3. The summed E-state index contributed by atoms with van der Waals surface area (Å²) in [7, 11) is -7.44. The van der Waals surface area contributed by atoms with Crippen LogP contribution >= 0.6 is 27.2 Å². The highest BCUT2D eigenvalue weighted by atomic mass is 35.5. The lowest BCUT2D eigenvalue weighted by molar-refractivity contribution is 0.175. The average molecular weight is 687 g/mol. The standard InChI is InChI=1S/C12H16N5O5P.C11H13ClN5O4P/c1-21-11-9-10(15-12(13)16-11)17(6-14-9)8-3-2-7(4-8)5-22-23(18,19)20;12-9-8-10(16-11(13)15-9)17(5-14-8)7-2-1-6(3-7)4-21-22(18,19)20/h2-3,6-8H,4-5H2,1H3,(H2,13,15,16)(H2,18,19,20);1-2,5-7H,3-4H2,(H2,13,15,16)(H2,18,19,20)/t7-,8+;6-,7+/m11/s1. The zero-order valence-corrected chi connectivity index (χ0v) is 26.0. The average Bonchev–Trinajstić information content (AvgIpc) is 3.75. The van der Waals surface area contributed by atoms with Crippen molar-refractivity contribution in [2.45, 2.75) is 24.9 Å². The van der Waals surface area contributed by atoms with Gasteiger partial charge in [0.25, 0.3) is 0 Å². The number of phosphoric acid groups is 2. The molecule has 0 spiro atoms. The lowest BCUT2D eigenvalue weighted by Gasteiger charge is -2.14. The number of nitrogens with zero attached hydrogens (tertiary/aromatic N) is 8. The highest BCUT2D eigenvalue weighted by Gasteiger charge is 2.27. The molecule has 0 saturated carbocycles. The van der Waals surface area contributed by atoms with Gasteiger partial charge in [0.1, 0.15) is 5.52 Å². The largest absolute Gasteiger partial charge is 0.479 e. The van der Waals surface area contributed by atoms with Crippen LogP contribution in [0.4, 0.5) is 11.9 Å². The molecule has 0 unspecified atom stereocenters. The van der Waals surface area contributed by atoms with Crippen LogP contribution in [0.5, 0.6) is 5.88 Å². The first kappa shape index (κ1) is 32.9. The van der Waals surface area contributed by atoms with Crippen LogP contribution in [0.25, 0.3) is 22.3 Å². The molecule has 8 N–H and O–H groups in total. The lowest BCUT2D eigenvalue weighted by atomic mass is 10.1. The second kappa shape index (κ2) is 13.1. The predicted molar refractivity (Wildman–Crippen MR) is 160 cm³/mol. The van der Waals surface area contributed by atoms with Gasteiger partial charge in [0.2, 0.25) is 17.8 Å². The van der Waals surface area contributed by atoms with Crippen molar-refractivity contribution in [1.29, 1.82) is 0 Å². The minimum atomic E-state index is -4.46. The molecule has 2 aliphatic rings. The number of anilines is 2. The first-order valence-corrected chi connectivity index (χ1v) is 16.6. The zero-order valence-electron chi connectivity index (χ0n) is 23.4. The molecule has 4 heterocycles. The first-order valence-electron chi connectivity index (χ1n) is 13.2. The molecule has 19 nitrogen and oxygen atoms in total. The number of ether oxygens (including phenoxy) is 1. The summed E-state index contributed by atoms with van der Waals surface area (Å²) in [4.78, 5) is 59.6. The number of aromatic nitrogens is 8. The molecular weight excluding hydrogens is 658 g/mol. The number of methoxy groups -OCH3 is 1. The van der Waals surface area contributed by atoms with E-state index in [1.54, 1.807) is 17.2 Å². The van der Waals surface area contributed by atoms with E-state index in [0.717, 1.165) is 0 Å². The van der Waals surface area contributed by atoms with Crippen LogP contribution in [0.1, 0.15) is 24.9 Å². The molecule has 45 heavy (non-hydrogen) atoms. The Bertz CT molecular complexity index is 1860. The third-order valence-corrected chi connectivity index (χ3v) is 8.16. The van der Waals surface area contributed by atoms with Gasteiger partial charge in [0.15, 0.2) is 22.0 Å². The smallest absolute Gasteiger partial charge is 0.469 e. The molecule has 0 aliphatic heterocycles. The molecule has 0 bridgehead atoms. The van der Waals surface area contributed by atoms with E-state index in [9.17, 15) is 9.13 Å². The summed E-state index contributed by atoms with van der Waals surface area (Å²) in [6.45, 7) is -0.105. The summed E-state index contributed by atoms with van der Waals surface area (Å²) in [6, 6.07) is -0.134. The molecule has 242 valence electrons. The lowest BCUT2D eigenvalue weighted by Crippen LogP contribution is -2.10. The van der Waals surface area contributed by atoms with Crippen LogP contribution in [0.15, 0.2) is 37.0 Å². The Hall–Kier alpha value is -3.51. The number of rotatable bonds is 9. The van der Waals surface area contributed by atoms with Crippen LogP contribution in [0, 0.1) is 11.8 Å². The van der Waals surface area contributed by atoms with Gasteiger partial charge in [-0.25, -0.2) is 19.1 Å². The molecule has 0 radical (unpaired) electrons. The fourth-order valence-corrected chi connectivity index (χ4v) is 5.97. The number of hydrogen-bond donors (Lipinski definition) is 6. The summed E-state index contributed by atoms with van der Waals surface area (Å²) in [6.07, 6.45) is 11.9. The minimum absolute atomic E-state index is 0.0512.